The molecule has 0 radical (unpaired) electrons. The van der Waals surface area contributed by atoms with Gasteiger partial charge in [-0.2, -0.15) is 0 Å². The van der Waals surface area contributed by atoms with Crippen LogP contribution < -0.4 is 9.64 Å². The first-order valence-corrected chi connectivity index (χ1v) is 10.8. The number of hydrogen-bond donors (Lipinski definition) is 0. The molecule has 2 aromatic rings. The molecule has 2 fully saturated rings. The minimum Gasteiger partial charge on any atom is -0.497 e. The number of carbonyl (C=O) groups excluding carboxylic acids is 1. The first-order chi connectivity index (χ1) is 14.7. The van der Waals surface area contributed by atoms with Gasteiger partial charge in [0.25, 0.3) is 5.91 Å². The molecular weight excluding hydrogens is 380 g/mol. The standard InChI is InChI=1S/C23H30N4O3/c1-26(18-6-4-3-5-7-18)23(28)20-16-24-21(17-8-10-19(29-2)11-9-17)25-22(20)27-12-14-30-15-13-27/h8-11,16,18H,3-7,12-15H2,1-2H3. The summed E-state index contributed by atoms with van der Waals surface area (Å²) in [5.41, 5.74) is 1.46. The van der Waals surface area contributed by atoms with Gasteiger partial charge in [-0.3, -0.25) is 4.79 Å². The highest BCUT2D eigenvalue weighted by Crippen LogP contribution is 2.28. The van der Waals surface area contributed by atoms with E-state index in [1.54, 1.807) is 13.3 Å². The van der Waals surface area contributed by atoms with Crippen molar-refractivity contribution in [2.45, 2.75) is 38.1 Å². The molecule has 0 bridgehead atoms. The van der Waals surface area contributed by atoms with Gasteiger partial charge in [-0.15, -0.1) is 0 Å². The Kier molecular flexibility index (Phi) is 6.47. The summed E-state index contributed by atoms with van der Waals surface area (Å²) in [6, 6.07) is 7.95. The smallest absolute Gasteiger partial charge is 0.259 e. The summed E-state index contributed by atoms with van der Waals surface area (Å²) < 4.78 is 10.8. The van der Waals surface area contributed by atoms with Crippen LogP contribution in [0, 0.1) is 0 Å². The van der Waals surface area contributed by atoms with E-state index in [4.69, 9.17) is 14.5 Å². The monoisotopic (exact) mass is 410 g/mol. The molecule has 2 aliphatic rings. The Bertz CT molecular complexity index is 859. The molecule has 0 atom stereocenters. The van der Waals surface area contributed by atoms with Crippen molar-refractivity contribution >= 4 is 11.7 Å². The second-order valence-corrected chi connectivity index (χ2v) is 7.97. The number of amides is 1. The molecule has 1 amide bonds. The summed E-state index contributed by atoms with van der Waals surface area (Å²) in [7, 11) is 3.56. The van der Waals surface area contributed by atoms with Gasteiger partial charge in [0.2, 0.25) is 0 Å². The average molecular weight is 411 g/mol. The predicted molar refractivity (Wildman–Crippen MR) is 116 cm³/mol. The highest BCUT2D eigenvalue weighted by atomic mass is 16.5. The van der Waals surface area contributed by atoms with Gasteiger partial charge in [0.05, 0.1) is 20.3 Å². The molecule has 1 aliphatic carbocycles. The molecule has 1 aromatic heterocycles. The van der Waals surface area contributed by atoms with E-state index < -0.39 is 0 Å². The van der Waals surface area contributed by atoms with Crippen molar-refractivity contribution < 1.29 is 14.3 Å². The van der Waals surface area contributed by atoms with Crippen molar-refractivity contribution in [1.29, 1.82) is 0 Å². The van der Waals surface area contributed by atoms with Gasteiger partial charge < -0.3 is 19.3 Å². The molecule has 1 saturated heterocycles. The van der Waals surface area contributed by atoms with E-state index in [0.717, 1.165) is 24.2 Å². The maximum absolute atomic E-state index is 13.4. The van der Waals surface area contributed by atoms with E-state index >= 15 is 0 Å². The number of carbonyl (C=O) groups is 1. The summed E-state index contributed by atoms with van der Waals surface area (Å²) in [5.74, 6) is 2.10. The Labute approximate surface area is 178 Å². The number of rotatable bonds is 5. The highest BCUT2D eigenvalue weighted by Gasteiger charge is 2.28. The fourth-order valence-corrected chi connectivity index (χ4v) is 4.24. The topological polar surface area (TPSA) is 67.8 Å². The third-order valence-electron chi connectivity index (χ3n) is 6.10. The summed E-state index contributed by atoms with van der Waals surface area (Å²) >= 11 is 0. The molecule has 30 heavy (non-hydrogen) atoms. The second-order valence-electron chi connectivity index (χ2n) is 7.97. The molecule has 2 heterocycles. The van der Waals surface area contributed by atoms with Crippen LogP contribution in [0.2, 0.25) is 0 Å². The van der Waals surface area contributed by atoms with Crippen LogP contribution in [0.1, 0.15) is 42.5 Å². The molecule has 0 N–H and O–H groups in total. The maximum atomic E-state index is 13.4. The van der Waals surface area contributed by atoms with Crippen LogP contribution in [-0.4, -0.2) is 67.3 Å². The minimum absolute atomic E-state index is 0.00433. The number of methoxy groups -OCH3 is 1. The van der Waals surface area contributed by atoms with Crippen molar-refractivity contribution in [3.63, 3.8) is 0 Å². The molecule has 7 nitrogen and oxygen atoms in total. The zero-order valence-corrected chi connectivity index (χ0v) is 17.8. The molecule has 1 saturated carbocycles. The van der Waals surface area contributed by atoms with E-state index in [1.165, 1.54) is 19.3 Å². The van der Waals surface area contributed by atoms with Crippen LogP contribution in [0.5, 0.6) is 5.75 Å². The van der Waals surface area contributed by atoms with Gasteiger partial charge in [0.1, 0.15) is 17.1 Å². The van der Waals surface area contributed by atoms with Crippen molar-refractivity contribution in [1.82, 2.24) is 14.9 Å². The normalized spacial score (nSPS) is 17.6. The second kappa shape index (κ2) is 9.43. The van der Waals surface area contributed by atoms with Gasteiger partial charge in [0, 0.05) is 37.9 Å². The van der Waals surface area contributed by atoms with Crippen molar-refractivity contribution in [3.05, 3.63) is 36.0 Å². The van der Waals surface area contributed by atoms with E-state index in [0.29, 0.717) is 49.6 Å². The molecule has 0 unspecified atom stereocenters. The van der Waals surface area contributed by atoms with Crippen molar-refractivity contribution in [2.75, 3.05) is 45.4 Å². The predicted octanol–water partition coefficient (Wildman–Crippen LogP) is 3.39. The Morgan fingerprint density at radius 3 is 2.50 bits per heavy atom. The molecule has 4 rings (SSSR count). The Morgan fingerprint density at radius 1 is 1.13 bits per heavy atom. The summed E-state index contributed by atoms with van der Waals surface area (Å²) in [5, 5.41) is 0. The molecule has 1 aromatic carbocycles. The van der Waals surface area contributed by atoms with E-state index in [1.807, 2.05) is 36.2 Å². The lowest BCUT2D eigenvalue weighted by molar-refractivity contribution is 0.0695. The Balaban J connectivity index is 1.66. The fourth-order valence-electron chi connectivity index (χ4n) is 4.24. The lowest BCUT2D eigenvalue weighted by Crippen LogP contribution is -2.41. The number of nitrogens with zero attached hydrogens (tertiary/aromatic N) is 4. The number of ether oxygens (including phenoxy) is 2. The first-order valence-electron chi connectivity index (χ1n) is 10.8. The van der Waals surface area contributed by atoms with Gasteiger partial charge in [0.15, 0.2) is 5.82 Å². The summed E-state index contributed by atoms with van der Waals surface area (Å²) in [6.07, 6.45) is 7.47. The molecule has 1 aliphatic heterocycles. The highest BCUT2D eigenvalue weighted by molar-refractivity contribution is 5.99. The van der Waals surface area contributed by atoms with Crippen LogP contribution in [-0.2, 0) is 4.74 Å². The zero-order chi connectivity index (χ0) is 20.9. The number of hydrogen-bond acceptors (Lipinski definition) is 6. The van der Waals surface area contributed by atoms with Crippen molar-refractivity contribution in [3.8, 4) is 17.1 Å². The van der Waals surface area contributed by atoms with Gasteiger partial charge >= 0.3 is 0 Å². The minimum atomic E-state index is 0.00433. The third-order valence-corrected chi connectivity index (χ3v) is 6.10. The Morgan fingerprint density at radius 2 is 1.83 bits per heavy atom. The fraction of sp³-hybridized carbons (Fsp3) is 0.522. The lowest BCUT2D eigenvalue weighted by atomic mass is 9.94. The number of aromatic nitrogens is 2. The summed E-state index contributed by atoms with van der Waals surface area (Å²) in [4.78, 5) is 26.8. The van der Waals surface area contributed by atoms with Crippen LogP contribution in [0.4, 0.5) is 5.82 Å². The zero-order valence-electron chi connectivity index (χ0n) is 17.8. The molecular formula is C23H30N4O3. The van der Waals surface area contributed by atoms with Crippen LogP contribution in [0.3, 0.4) is 0 Å². The number of morpholine rings is 1. The van der Waals surface area contributed by atoms with Gasteiger partial charge in [-0.1, -0.05) is 19.3 Å². The van der Waals surface area contributed by atoms with E-state index in [-0.39, 0.29) is 5.91 Å². The van der Waals surface area contributed by atoms with E-state index in [9.17, 15) is 4.79 Å². The van der Waals surface area contributed by atoms with Crippen molar-refractivity contribution in [2.24, 2.45) is 0 Å². The van der Waals surface area contributed by atoms with Crippen LogP contribution in [0.25, 0.3) is 11.4 Å². The first kappa shape index (κ1) is 20.6. The largest absolute Gasteiger partial charge is 0.497 e. The maximum Gasteiger partial charge on any atom is 0.259 e. The number of anilines is 1. The van der Waals surface area contributed by atoms with Crippen LogP contribution >= 0.6 is 0 Å². The Hall–Kier alpha value is -2.67. The van der Waals surface area contributed by atoms with Gasteiger partial charge in [-0.25, -0.2) is 9.97 Å². The van der Waals surface area contributed by atoms with Gasteiger partial charge in [-0.05, 0) is 37.1 Å². The van der Waals surface area contributed by atoms with E-state index in [2.05, 4.69) is 9.88 Å². The molecule has 0 spiro atoms. The molecule has 7 heteroatoms. The average Bonchev–Trinajstić information content (AvgIpc) is 2.84. The quantitative estimate of drug-likeness (QED) is 0.753. The number of benzene rings is 1. The molecule has 160 valence electrons. The third kappa shape index (κ3) is 4.41. The van der Waals surface area contributed by atoms with Crippen LogP contribution in [0.15, 0.2) is 30.5 Å². The lowest BCUT2D eigenvalue weighted by Gasteiger charge is -2.33. The summed E-state index contributed by atoms with van der Waals surface area (Å²) in [6.45, 7) is 2.70. The SMILES string of the molecule is COc1ccc(-c2ncc(C(=O)N(C)C3CCCCC3)c(N3CCOCC3)n2)cc1.